The van der Waals surface area contributed by atoms with E-state index in [0.29, 0.717) is 58.1 Å². The normalized spacial score (nSPS) is 17.8. The second-order valence-corrected chi connectivity index (χ2v) is 9.13. The fourth-order valence-corrected chi connectivity index (χ4v) is 3.89. The van der Waals surface area contributed by atoms with Gasteiger partial charge in [0.25, 0.3) is 0 Å². The van der Waals surface area contributed by atoms with Crippen LogP contribution in [0.1, 0.15) is 40.5 Å². The van der Waals surface area contributed by atoms with Crippen LogP contribution in [0.4, 0.5) is 4.79 Å². The summed E-state index contributed by atoms with van der Waals surface area (Å²) >= 11 is 0. The largest absolute Gasteiger partial charge is 0.444 e. The lowest BCUT2D eigenvalue weighted by Gasteiger charge is -2.19. The van der Waals surface area contributed by atoms with Gasteiger partial charge in [0, 0.05) is 39.3 Å². The molecule has 0 aromatic carbocycles. The van der Waals surface area contributed by atoms with E-state index >= 15 is 0 Å². The molecule has 1 amide bonds. The number of aliphatic imine (C=N–C) groups is 1. The fourth-order valence-electron chi connectivity index (χ4n) is 2.36. The standard InChI is InChI=1S/C16H33N5O4S/c1-5-17-14(19-10-12-21-11-7-13-26(21,23)24)18-8-6-9-20-15(22)25-16(2,3)4/h5-13H2,1-4H3,(H,20,22)(H2,17,18,19). The number of rotatable bonds is 8. The summed E-state index contributed by atoms with van der Waals surface area (Å²) in [5.74, 6) is 0.882. The summed E-state index contributed by atoms with van der Waals surface area (Å²) in [7, 11) is -3.06. The van der Waals surface area contributed by atoms with Gasteiger partial charge >= 0.3 is 6.09 Å². The van der Waals surface area contributed by atoms with Gasteiger partial charge in [-0.1, -0.05) is 0 Å². The Bertz CT molecular complexity index is 572. The molecule has 1 fully saturated rings. The van der Waals surface area contributed by atoms with Gasteiger partial charge in [-0.25, -0.2) is 17.5 Å². The Morgan fingerprint density at radius 3 is 2.50 bits per heavy atom. The van der Waals surface area contributed by atoms with Crippen LogP contribution in [0.25, 0.3) is 0 Å². The first-order valence-corrected chi connectivity index (χ1v) is 10.7. The van der Waals surface area contributed by atoms with Crippen LogP contribution in [0, 0.1) is 0 Å². The number of amides is 1. The van der Waals surface area contributed by atoms with E-state index in [1.165, 1.54) is 4.31 Å². The highest BCUT2D eigenvalue weighted by atomic mass is 32.2. The molecule has 1 heterocycles. The van der Waals surface area contributed by atoms with Crippen molar-refractivity contribution in [1.29, 1.82) is 0 Å². The molecule has 9 nitrogen and oxygen atoms in total. The SMILES string of the molecule is CCNC(=NCCCNC(=O)OC(C)(C)C)NCCN1CCCS1(=O)=O. The molecule has 0 bridgehead atoms. The van der Waals surface area contributed by atoms with Gasteiger partial charge in [0.2, 0.25) is 10.0 Å². The maximum atomic E-state index is 11.8. The monoisotopic (exact) mass is 391 g/mol. The zero-order valence-corrected chi connectivity index (χ0v) is 17.1. The zero-order valence-electron chi connectivity index (χ0n) is 16.3. The van der Waals surface area contributed by atoms with Crippen molar-refractivity contribution in [3.05, 3.63) is 0 Å². The number of carbonyl (C=O) groups excluding carboxylic acids is 1. The van der Waals surface area contributed by atoms with E-state index < -0.39 is 21.7 Å². The van der Waals surface area contributed by atoms with Crippen molar-refractivity contribution >= 4 is 22.1 Å². The van der Waals surface area contributed by atoms with Gasteiger partial charge in [0.05, 0.1) is 5.75 Å². The van der Waals surface area contributed by atoms with Gasteiger partial charge in [-0.3, -0.25) is 4.99 Å². The molecule has 0 atom stereocenters. The number of hydrogen-bond acceptors (Lipinski definition) is 5. The number of alkyl carbamates (subject to hydrolysis) is 1. The predicted octanol–water partition coefficient (Wildman–Crippen LogP) is 0.492. The van der Waals surface area contributed by atoms with Crippen LogP contribution in [0.15, 0.2) is 4.99 Å². The van der Waals surface area contributed by atoms with Crippen molar-refractivity contribution in [2.75, 3.05) is 45.0 Å². The molecule has 26 heavy (non-hydrogen) atoms. The Kier molecular flexibility index (Phi) is 9.14. The number of nitrogens with one attached hydrogen (secondary N) is 3. The van der Waals surface area contributed by atoms with Gasteiger partial charge in [-0.2, -0.15) is 0 Å². The number of hydrogen-bond donors (Lipinski definition) is 3. The van der Waals surface area contributed by atoms with Crippen LogP contribution in [0.5, 0.6) is 0 Å². The van der Waals surface area contributed by atoms with Gasteiger partial charge in [0.1, 0.15) is 5.60 Å². The van der Waals surface area contributed by atoms with E-state index in [1.54, 1.807) is 0 Å². The molecular weight excluding hydrogens is 358 g/mol. The Morgan fingerprint density at radius 1 is 1.19 bits per heavy atom. The molecule has 0 spiro atoms. The number of ether oxygens (including phenoxy) is 1. The van der Waals surface area contributed by atoms with E-state index in [2.05, 4.69) is 20.9 Å². The number of carbonyl (C=O) groups is 1. The first-order chi connectivity index (χ1) is 12.1. The van der Waals surface area contributed by atoms with Crippen molar-refractivity contribution in [2.24, 2.45) is 4.99 Å². The summed E-state index contributed by atoms with van der Waals surface area (Å²) in [5, 5.41) is 8.94. The third-order valence-electron chi connectivity index (χ3n) is 3.47. The smallest absolute Gasteiger partial charge is 0.407 e. The third kappa shape index (κ3) is 9.23. The van der Waals surface area contributed by atoms with Crippen LogP contribution in [-0.4, -0.2) is 75.4 Å². The van der Waals surface area contributed by atoms with E-state index in [1.807, 2.05) is 27.7 Å². The highest BCUT2D eigenvalue weighted by Crippen LogP contribution is 2.11. The number of nitrogens with zero attached hydrogens (tertiary/aromatic N) is 2. The lowest BCUT2D eigenvalue weighted by molar-refractivity contribution is 0.0527. The quantitative estimate of drug-likeness (QED) is 0.315. The minimum Gasteiger partial charge on any atom is -0.444 e. The molecule has 1 saturated heterocycles. The fraction of sp³-hybridized carbons (Fsp3) is 0.875. The maximum Gasteiger partial charge on any atom is 0.407 e. The molecule has 1 aliphatic heterocycles. The topological polar surface area (TPSA) is 112 Å². The average Bonchev–Trinajstić information content (AvgIpc) is 2.84. The van der Waals surface area contributed by atoms with Gasteiger partial charge in [-0.15, -0.1) is 0 Å². The van der Waals surface area contributed by atoms with E-state index in [0.717, 1.165) is 0 Å². The molecule has 1 rings (SSSR count). The second kappa shape index (κ2) is 10.6. The summed E-state index contributed by atoms with van der Waals surface area (Å²) in [5.41, 5.74) is -0.507. The van der Waals surface area contributed by atoms with Crippen LogP contribution < -0.4 is 16.0 Å². The highest BCUT2D eigenvalue weighted by molar-refractivity contribution is 7.89. The van der Waals surface area contributed by atoms with E-state index in [-0.39, 0.29) is 5.75 Å². The summed E-state index contributed by atoms with van der Waals surface area (Å²) in [6.07, 6.45) is 0.940. The Morgan fingerprint density at radius 2 is 1.92 bits per heavy atom. The van der Waals surface area contributed by atoms with Crippen LogP contribution in [0.3, 0.4) is 0 Å². The van der Waals surface area contributed by atoms with Crippen molar-refractivity contribution in [3.63, 3.8) is 0 Å². The summed E-state index contributed by atoms with van der Waals surface area (Å²) in [4.78, 5) is 16.0. The molecule has 0 unspecified atom stereocenters. The Hall–Kier alpha value is -1.55. The summed E-state index contributed by atoms with van der Waals surface area (Å²) in [6.45, 7) is 10.7. The van der Waals surface area contributed by atoms with Gasteiger partial charge in [0.15, 0.2) is 5.96 Å². The molecule has 0 aromatic heterocycles. The maximum absolute atomic E-state index is 11.8. The van der Waals surface area contributed by atoms with Crippen molar-refractivity contribution in [3.8, 4) is 0 Å². The summed E-state index contributed by atoms with van der Waals surface area (Å²) < 4.78 is 30.2. The molecule has 0 radical (unpaired) electrons. The third-order valence-corrected chi connectivity index (χ3v) is 5.43. The molecular formula is C16H33N5O4S. The molecule has 3 N–H and O–H groups in total. The van der Waals surface area contributed by atoms with Crippen molar-refractivity contribution < 1.29 is 17.9 Å². The Labute approximate surface area is 157 Å². The minimum atomic E-state index is -3.06. The molecule has 10 heteroatoms. The Balaban J connectivity index is 2.27. The van der Waals surface area contributed by atoms with Crippen LogP contribution in [0.2, 0.25) is 0 Å². The van der Waals surface area contributed by atoms with Crippen LogP contribution >= 0.6 is 0 Å². The first kappa shape index (κ1) is 22.5. The van der Waals surface area contributed by atoms with E-state index in [4.69, 9.17) is 4.74 Å². The van der Waals surface area contributed by atoms with Crippen molar-refractivity contribution in [2.45, 2.75) is 46.1 Å². The molecule has 0 aliphatic carbocycles. The number of sulfonamides is 1. The lowest BCUT2D eigenvalue weighted by atomic mass is 10.2. The molecule has 1 aliphatic rings. The predicted molar refractivity (Wildman–Crippen MR) is 103 cm³/mol. The van der Waals surface area contributed by atoms with Gasteiger partial charge < -0.3 is 20.7 Å². The number of guanidine groups is 1. The minimum absolute atomic E-state index is 0.242. The van der Waals surface area contributed by atoms with E-state index in [9.17, 15) is 13.2 Å². The zero-order chi connectivity index (χ0) is 19.6. The average molecular weight is 392 g/mol. The summed E-state index contributed by atoms with van der Waals surface area (Å²) in [6, 6.07) is 0. The second-order valence-electron chi connectivity index (χ2n) is 7.04. The van der Waals surface area contributed by atoms with Gasteiger partial charge in [-0.05, 0) is 40.5 Å². The van der Waals surface area contributed by atoms with Crippen molar-refractivity contribution in [1.82, 2.24) is 20.3 Å². The molecule has 0 aromatic rings. The molecule has 0 saturated carbocycles. The lowest BCUT2D eigenvalue weighted by Crippen LogP contribution is -2.42. The van der Waals surface area contributed by atoms with Crippen LogP contribution in [-0.2, 0) is 14.8 Å². The molecule has 152 valence electrons. The first-order valence-electron chi connectivity index (χ1n) is 9.11. The highest BCUT2D eigenvalue weighted by Gasteiger charge is 2.27.